The largest absolute Gasteiger partial charge is 0.480 e. The highest BCUT2D eigenvalue weighted by Crippen LogP contribution is 2.18. The van der Waals surface area contributed by atoms with Crippen molar-refractivity contribution in [3.05, 3.63) is 29.8 Å². The van der Waals surface area contributed by atoms with Gasteiger partial charge in [-0.05, 0) is 30.5 Å². The molecule has 1 aliphatic heterocycles. The Morgan fingerprint density at radius 1 is 1.33 bits per heavy atom. The van der Waals surface area contributed by atoms with E-state index in [1.165, 1.54) is 24.3 Å². The minimum atomic E-state index is -3.94. The van der Waals surface area contributed by atoms with Gasteiger partial charge >= 0.3 is 5.97 Å². The summed E-state index contributed by atoms with van der Waals surface area (Å²) in [5.41, 5.74) is 0.0348. The molecule has 1 aliphatic rings. The SMILES string of the molecule is CC(C)C[C@H](NC(=O)c1cccc(S(=O)(=O)N2CCNC(=O)C2)c1)C(=O)O. The van der Waals surface area contributed by atoms with Crippen molar-refractivity contribution < 1.29 is 27.9 Å². The molecule has 0 spiro atoms. The van der Waals surface area contributed by atoms with Gasteiger partial charge in [0.25, 0.3) is 5.91 Å². The third-order valence-electron chi connectivity index (χ3n) is 4.05. The number of rotatable bonds is 7. The average Bonchev–Trinajstić information content (AvgIpc) is 2.60. The minimum absolute atomic E-state index is 0.0348. The van der Waals surface area contributed by atoms with E-state index in [2.05, 4.69) is 10.6 Å². The van der Waals surface area contributed by atoms with Crippen LogP contribution in [-0.2, 0) is 19.6 Å². The molecule has 0 unspecified atom stereocenters. The maximum Gasteiger partial charge on any atom is 0.326 e. The van der Waals surface area contributed by atoms with Gasteiger partial charge < -0.3 is 15.7 Å². The van der Waals surface area contributed by atoms with Gasteiger partial charge in [0.1, 0.15) is 6.04 Å². The van der Waals surface area contributed by atoms with Gasteiger partial charge in [-0.2, -0.15) is 4.31 Å². The molecule has 0 bridgehead atoms. The smallest absolute Gasteiger partial charge is 0.326 e. The minimum Gasteiger partial charge on any atom is -0.480 e. The van der Waals surface area contributed by atoms with Crippen molar-refractivity contribution in [2.45, 2.75) is 31.2 Å². The van der Waals surface area contributed by atoms with E-state index in [9.17, 15) is 27.9 Å². The van der Waals surface area contributed by atoms with Gasteiger partial charge in [0.15, 0.2) is 0 Å². The topological polar surface area (TPSA) is 133 Å². The zero-order chi connectivity index (χ0) is 20.2. The molecule has 0 saturated carbocycles. The fourth-order valence-electron chi connectivity index (χ4n) is 2.70. The van der Waals surface area contributed by atoms with Gasteiger partial charge in [-0.15, -0.1) is 0 Å². The van der Waals surface area contributed by atoms with Crippen LogP contribution in [0.1, 0.15) is 30.6 Å². The molecule has 10 heteroatoms. The molecule has 2 rings (SSSR count). The Morgan fingerprint density at radius 2 is 2.04 bits per heavy atom. The molecule has 9 nitrogen and oxygen atoms in total. The molecule has 1 aromatic carbocycles. The van der Waals surface area contributed by atoms with E-state index < -0.39 is 33.8 Å². The average molecular weight is 397 g/mol. The summed E-state index contributed by atoms with van der Waals surface area (Å²) in [7, 11) is -3.94. The summed E-state index contributed by atoms with van der Waals surface area (Å²) in [6, 6.07) is 4.27. The molecule has 1 heterocycles. The second-order valence-corrected chi connectivity index (χ2v) is 8.65. The molecule has 0 aromatic heterocycles. The number of benzene rings is 1. The van der Waals surface area contributed by atoms with Gasteiger partial charge in [0, 0.05) is 18.7 Å². The van der Waals surface area contributed by atoms with Crippen LogP contribution in [0.15, 0.2) is 29.2 Å². The molecule has 1 fully saturated rings. The molecule has 27 heavy (non-hydrogen) atoms. The van der Waals surface area contributed by atoms with Gasteiger partial charge in [0.05, 0.1) is 11.4 Å². The van der Waals surface area contributed by atoms with Crippen LogP contribution in [0, 0.1) is 5.92 Å². The first-order valence-corrected chi connectivity index (χ1v) is 9.96. The van der Waals surface area contributed by atoms with Crippen LogP contribution in [0.5, 0.6) is 0 Å². The van der Waals surface area contributed by atoms with Crippen molar-refractivity contribution >= 4 is 27.8 Å². The summed E-state index contributed by atoms with van der Waals surface area (Å²) in [5, 5.41) is 14.2. The third-order valence-corrected chi connectivity index (χ3v) is 5.89. The predicted octanol–water partition coefficient (Wildman–Crippen LogP) is 0.0362. The van der Waals surface area contributed by atoms with Crippen molar-refractivity contribution in [1.82, 2.24) is 14.9 Å². The van der Waals surface area contributed by atoms with Gasteiger partial charge in [0.2, 0.25) is 15.9 Å². The molecule has 2 amide bonds. The number of aliphatic carboxylic acids is 1. The molecule has 1 aromatic rings. The first kappa shape index (κ1) is 20.8. The number of carboxylic acids is 1. The number of carbonyl (C=O) groups is 3. The first-order chi connectivity index (χ1) is 12.6. The van der Waals surface area contributed by atoms with Crippen molar-refractivity contribution in [2.75, 3.05) is 19.6 Å². The molecule has 148 valence electrons. The Hall–Kier alpha value is -2.46. The first-order valence-electron chi connectivity index (χ1n) is 8.52. The van der Waals surface area contributed by atoms with Crippen molar-refractivity contribution in [3.8, 4) is 0 Å². The Labute approximate surface area is 157 Å². The summed E-state index contributed by atoms with van der Waals surface area (Å²) < 4.78 is 26.5. The van der Waals surface area contributed by atoms with E-state index in [1.54, 1.807) is 0 Å². The maximum atomic E-state index is 12.7. The molecule has 1 saturated heterocycles. The number of hydrogen-bond donors (Lipinski definition) is 3. The highest BCUT2D eigenvalue weighted by Gasteiger charge is 2.30. The van der Waals surface area contributed by atoms with Gasteiger partial charge in [-0.25, -0.2) is 13.2 Å². The van der Waals surface area contributed by atoms with Gasteiger partial charge in [-0.1, -0.05) is 19.9 Å². The lowest BCUT2D eigenvalue weighted by atomic mass is 10.0. The molecule has 0 aliphatic carbocycles. The second-order valence-electron chi connectivity index (χ2n) is 6.71. The van der Waals surface area contributed by atoms with Crippen molar-refractivity contribution in [1.29, 1.82) is 0 Å². The monoisotopic (exact) mass is 397 g/mol. The Balaban J connectivity index is 2.22. The molecular weight excluding hydrogens is 374 g/mol. The number of nitrogens with one attached hydrogen (secondary N) is 2. The van der Waals surface area contributed by atoms with Crippen LogP contribution in [0.4, 0.5) is 0 Å². The standard InChI is InChI=1S/C17H23N3O6S/c1-11(2)8-14(17(23)24)19-16(22)12-4-3-5-13(9-12)27(25,26)20-7-6-18-15(21)10-20/h3-5,9,11,14H,6-8,10H2,1-2H3,(H,18,21)(H,19,22)(H,23,24)/t14-/m0/s1. The van der Waals surface area contributed by atoms with E-state index in [0.29, 0.717) is 0 Å². The summed E-state index contributed by atoms with van der Waals surface area (Å²) in [4.78, 5) is 35.1. The third kappa shape index (κ3) is 5.27. The van der Waals surface area contributed by atoms with Crippen molar-refractivity contribution in [2.24, 2.45) is 5.92 Å². The van der Waals surface area contributed by atoms with Crippen LogP contribution in [0.3, 0.4) is 0 Å². The Kier molecular flexibility index (Phi) is 6.55. The normalized spacial score (nSPS) is 16.6. The lowest BCUT2D eigenvalue weighted by Crippen LogP contribution is -2.49. The van der Waals surface area contributed by atoms with E-state index in [-0.39, 0.29) is 42.4 Å². The van der Waals surface area contributed by atoms with Crippen LogP contribution >= 0.6 is 0 Å². The summed E-state index contributed by atoms with van der Waals surface area (Å²) >= 11 is 0. The second kappa shape index (κ2) is 8.49. The predicted molar refractivity (Wildman–Crippen MR) is 96.6 cm³/mol. The van der Waals surface area contributed by atoms with E-state index in [0.717, 1.165) is 4.31 Å². The van der Waals surface area contributed by atoms with E-state index in [4.69, 9.17) is 0 Å². The van der Waals surface area contributed by atoms with E-state index in [1.807, 2.05) is 13.8 Å². The number of hydrogen-bond acceptors (Lipinski definition) is 5. The summed E-state index contributed by atoms with van der Waals surface area (Å²) in [5.74, 6) is -2.16. The molecule has 1 atom stereocenters. The maximum absolute atomic E-state index is 12.7. The molecular formula is C17H23N3O6S. The number of piperazine rings is 1. The summed E-state index contributed by atoms with van der Waals surface area (Å²) in [6.45, 7) is 3.75. The fourth-order valence-corrected chi connectivity index (χ4v) is 4.15. The lowest BCUT2D eigenvalue weighted by Gasteiger charge is -2.26. The number of carbonyl (C=O) groups excluding carboxylic acids is 2. The Bertz CT molecular complexity index is 837. The number of sulfonamides is 1. The Morgan fingerprint density at radius 3 is 2.63 bits per heavy atom. The molecule has 0 radical (unpaired) electrons. The molecule has 3 N–H and O–H groups in total. The van der Waals surface area contributed by atoms with Crippen LogP contribution in [0.25, 0.3) is 0 Å². The highest BCUT2D eigenvalue weighted by molar-refractivity contribution is 7.89. The lowest BCUT2D eigenvalue weighted by molar-refractivity contribution is -0.139. The van der Waals surface area contributed by atoms with Crippen LogP contribution in [0.2, 0.25) is 0 Å². The number of nitrogens with zero attached hydrogens (tertiary/aromatic N) is 1. The number of amides is 2. The zero-order valence-corrected chi connectivity index (χ0v) is 16.0. The van der Waals surface area contributed by atoms with Crippen molar-refractivity contribution in [3.63, 3.8) is 0 Å². The van der Waals surface area contributed by atoms with Crippen LogP contribution in [-0.4, -0.2) is 61.3 Å². The summed E-state index contributed by atoms with van der Waals surface area (Å²) in [6.07, 6.45) is 0.252. The zero-order valence-electron chi connectivity index (χ0n) is 15.1. The number of carboxylic acid groups (broad SMARTS) is 1. The highest BCUT2D eigenvalue weighted by atomic mass is 32.2. The quantitative estimate of drug-likeness (QED) is 0.595. The van der Waals surface area contributed by atoms with Crippen LogP contribution < -0.4 is 10.6 Å². The fraction of sp³-hybridized carbons (Fsp3) is 0.471. The van der Waals surface area contributed by atoms with E-state index >= 15 is 0 Å². The van der Waals surface area contributed by atoms with Gasteiger partial charge in [-0.3, -0.25) is 9.59 Å².